The normalized spacial score (nSPS) is 27.0. The topological polar surface area (TPSA) is 87.6 Å². The quantitative estimate of drug-likeness (QED) is 0.876. The zero-order chi connectivity index (χ0) is 17.1. The first kappa shape index (κ1) is 16.2. The SMILES string of the molecule is Cc1nc(-c2ccc(S(=O)(=O)N3C4CCC3C(C(=O)O)C4)s2)cs1. The first-order valence-corrected chi connectivity index (χ1v) is 10.8. The van der Waals surface area contributed by atoms with Crippen LogP contribution >= 0.6 is 22.7 Å². The van der Waals surface area contributed by atoms with Gasteiger partial charge in [0.25, 0.3) is 10.0 Å². The zero-order valence-electron chi connectivity index (χ0n) is 12.9. The van der Waals surface area contributed by atoms with Gasteiger partial charge in [-0.2, -0.15) is 4.31 Å². The van der Waals surface area contributed by atoms with Crippen molar-refractivity contribution in [2.24, 2.45) is 5.92 Å². The van der Waals surface area contributed by atoms with E-state index >= 15 is 0 Å². The van der Waals surface area contributed by atoms with Crippen LogP contribution in [0.3, 0.4) is 0 Å². The van der Waals surface area contributed by atoms with Crippen molar-refractivity contribution in [3.63, 3.8) is 0 Å². The van der Waals surface area contributed by atoms with Crippen LogP contribution in [0.15, 0.2) is 21.7 Å². The summed E-state index contributed by atoms with van der Waals surface area (Å²) in [6.45, 7) is 1.91. The summed E-state index contributed by atoms with van der Waals surface area (Å²) < 4.78 is 27.8. The lowest BCUT2D eigenvalue weighted by molar-refractivity contribution is -0.142. The molecule has 2 aliphatic rings. The van der Waals surface area contributed by atoms with Crippen molar-refractivity contribution in [2.75, 3.05) is 0 Å². The average Bonchev–Trinajstić information content (AvgIpc) is 3.29. The lowest BCUT2D eigenvalue weighted by atomic mass is 9.89. The number of aliphatic carboxylic acids is 1. The summed E-state index contributed by atoms with van der Waals surface area (Å²) in [7, 11) is -3.66. The Morgan fingerprint density at radius 1 is 1.38 bits per heavy atom. The number of carbonyl (C=O) groups is 1. The van der Waals surface area contributed by atoms with E-state index in [4.69, 9.17) is 0 Å². The highest BCUT2D eigenvalue weighted by atomic mass is 32.2. The van der Waals surface area contributed by atoms with Gasteiger partial charge in [0.05, 0.1) is 21.5 Å². The van der Waals surface area contributed by atoms with Gasteiger partial charge in [-0.1, -0.05) is 0 Å². The monoisotopic (exact) mass is 384 g/mol. The minimum absolute atomic E-state index is 0.187. The second kappa shape index (κ2) is 5.62. The van der Waals surface area contributed by atoms with Gasteiger partial charge in [-0.05, 0) is 38.3 Å². The number of sulfonamides is 1. The van der Waals surface area contributed by atoms with E-state index in [0.29, 0.717) is 12.8 Å². The number of aromatic nitrogens is 1. The van der Waals surface area contributed by atoms with E-state index in [1.165, 1.54) is 27.0 Å². The minimum Gasteiger partial charge on any atom is -0.481 e. The summed E-state index contributed by atoms with van der Waals surface area (Å²) in [6.07, 6.45) is 1.80. The Kier molecular flexibility index (Phi) is 3.79. The molecule has 2 fully saturated rings. The third kappa shape index (κ3) is 2.42. The summed E-state index contributed by atoms with van der Waals surface area (Å²) in [4.78, 5) is 16.6. The molecule has 2 aliphatic heterocycles. The van der Waals surface area contributed by atoms with Gasteiger partial charge in [-0.25, -0.2) is 13.4 Å². The van der Waals surface area contributed by atoms with Crippen molar-refractivity contribution in [1.82, 2.24) is 9.29 Å². The van der Waals surface area contributed by atoms with Gasteiger partial charge < -0.3 is 5.11 Å². The molecule has 6 nitrogen and oxygen atoms in total. The Morgan fingerprint density at radius 3 is 2.79 bits per heavy atom. The van der Waals surface area contributed by atoms with E-state index in [9.17, 15) is 18.3 Å². The number of rotatable bonds is 4. The summed E-state index contributed by atoms with van der Waals surface area (Å²) in [5.74, 6) is -1.48. The van der Waals surface area contributed by atoms with E-state index < -0.39 is 28.0 Å². The zero-order valence-corrected chi connectivity index (χ0v) is 15.3. The molecule has 0 aliphatic carbocycles. The molecule has 2 bridgehead atoms. The second-order valence-electron chi connectivity index (χ2n) is 6.18. The van der Waals surface area contributed by atoms with Crippen LogP contribution in [0.5, 0.6) is 0 Å². The summed E-state index contributed by atoms with van der Waals surface area (Å²) in [5.41, 5.74) is 0.789. The summed E-state index contributed by atoms with van der Waals surface area (Å²) in [6, 6.07) is 2.79. The van der Waals surface area contributed by atoms with Gasteiger partial charge in [0.1, 0.15) is 4.21 Å². The van der Waals surface area contributed by atoms with Crippen molar-refractivity contribution in [2.45, 2.75) is 42.5 Å². The highest BCUT2D eigenvalue weighted by Gasteiger charge is 2.54. The predicted molar refractivity (Wildman–Crippen MR) is 91.7 cm³/mol. The number of hydrogen-bond donors (Lipinski definition) is 1. The standard InChI is InChI=1S/C15H16N2O4S3/c1-8-16-11(7-22-8)13-4-5-14(23-13)24(20,21)17-9-2-3-12(17)10(6-9)15(18)19/h4-5,7,9-10,12H,2-3,6H2,1H3,(H,18,19). The van der Waals surface area contributed by atoms with Crippen molar-refractivity contribution in [3.05, 3.63) is 22.5 Å². The summed E-state index contributed by atoms with van der Waals surface area (Å²) >= 11 is 2.73. The molecule has 2 aromatic rings. The third-order valence-electron chi connectivity index (χ3n) is 4.77. The Hall–Kier alpha value is -1.29. The van der Waals surface area contributed by atoms with Crippen LogP contribution in [-0.2, 0) is 14.8 Å². The molecule has 2 saturated heterocycles. The van der Waals surface area contributed by atoms with Crippen LogP contribution in [-0.4, -0.2) is 40.9 Å². The number of fused-ring (bicyclic) bond motifs is 2. The molecular weight excluding hydrogens is 368 g/mol. The van der Waals surface area contributed by atoms with Gasteiger partial charge in [0.2, 0.25) is 0 Å². The van der Waals surface area contributed by atoms with Gasteiger partial charge >= 0.3 is 5.97 Å². The van der Waals surface area contributed by atoms with Crippen molar-refractivity contribution >= 4 is 38.7 Å². The molecule has 0 radical (unpaired) electrons. The average molecular weight is 385 g/mol. The first-order chi connectivity index (χ1) is 11.4. The molecule has 0 amide bonds. The van der Waals surface area contributed by atoms with E-state index in [1.807, 2.05) is 12.3 Å². The van der Waals surface area contributed by atoms with Crippen molar-refractivity contribution in [1.29, 1.82) is 0 Å². The largest absolute Gasteiger partial charge is 0.481 e. The minimum atomic E-state index is -3.66. The maximum atomic E-state index is 13.0. The molecule has 9 heteroatoms. The van der Waals surface area contributed by atoms with E-state index in [2.05, 4.69) is 4.98 Å². The van der Waals surface area contributed by atoms with Crippen LogP contribution in [0.4, 0.5) is 0 Å². The lowest BCUT2D eigenvalue weighted by Gasteiger charge is -2.21. The highest BCUT2D eigenvalue weighted by molar-refractivity contribution is 7.91. The van der Waals surface area contributed by atoms with Gasteiger partial charge in [-0.3, -0.25) is 4.79 Å². The summed E-state index contributed by atoms with van der Waals surface area (Å²) in [5, 5.41) is 12.2. The molecule has 0 spiro atoms. The molecular formula is C15H16N2O4S3. The van der Waals surface area contributed by atoms with Crippen LogP contribution in [0.1, 0.15) is 24.3 Å². The second-order valence-corrected chi connectivity index (χ2v) is 10.4. The number of carboxylic acids is 1. The Balaban J connectivity index is 1.67. The smallest absolute Gasteiger partial charge is 0.308 e. The maximum Gasteiger partial charge on any atom is 0.308 e. The molecule has 128 valence electrons. The van der Waals surface area contributed by atoms with Crippen molar-refractivity contribution < 1.29 is 18.3 Å². The van der Waals surface area contributed by atoms with E-state index in [-0.39, 0.29) is 10.3 Å². The fourth-order valence-corrected chi connectivity index (χ4v) is 7.73. The molecule has 4 heterocycles. The predicted octanol–water partition coefficient (Wildman–Crippen LogP) is 2.81. The van der Waals surface area contributed by atoms with Gasteiger partial charge in [0, 0.05) is 17.5 Å². The number of carboxylic acid groups (broad SMARTS) is 1. The third-order valence-corrected chi connectivity index (χ3v) is 9.10. The van der Waals surface area contributed by atoms with Crippen LogP contribution in [0, 0.1) is 12.8 Å². The first-order valence-electron chi connectivity index (χ1n) is 7.66. The Bertz CT molecular complexity index is 901. The van der Waals surface area contributed by atoms with E-state index in [1.54, 1.807) is 12.1 Å². The van der Waals surface area contributed by atoms with Gasteiger partial charge in [0.15, 0.2) is 0 Å². The molecule has 2 aromatic heterocycles. The molecule has 4 rings (SSSR count). The molecule has 3 unspecified atom stereocenters. The van der Waals surface area contributed by atoms with Crippen LogP contribution in [0.25, 0.3) is 10.6 Å². The molecule has 3 atom stereocenters. The fraction of sp³-hybridized carbons (Fsp3) is 0.467. The molecule has 0 saturated carbocycles. The Labute approximate surface area is 147 Å². The molecule has 1 N–H and O–H groups in total. The number of thiazole rings is 1. The van der Waals surface area contributed by atoms with E-state index in [0.717, 1.165) is 22.0 Å². The lowest BCUT2D eigenvalue weighted by Crippen LogP contribution is -2.37. The number of aryl methyl sites for hydroxylation is 1. The number of nitrogens with zero attached hydrogens (tertiary/aromatic N) is 2. The van der Waals surface area contributed by atoms with Crippen LogP contribution < -0.4 is 0 Å². The highest BCUT2D eigenvalue weighted by Crippen LogP contribution is 2.46. The molecule has 24 heavy (non-hydrogen) atoms. The van der Waals surface area contributed by atoms with Crippen molar-refractivity contribution in [3.8, 4) is 10.6 Å². The number of thiophene rings is 1. The molecule has 0 aromatic carbocycles. The number of hydrogen-bond acceptors (Lipinski definition) is 6. The van der Waals surface area contributed by atoms with Crippen LogP contribution in [0.2, 0.25) is 0 Å². The fourth-order valence-electron chi connectivity index (χ4n) is 3.76. The Morgan fingerprint density at radius 2 is 2.17 bits per heavy atom. The maximum absolute atomic E-state index is 13.0. The van der Waals surface area contributed by atoms with Gasteiger partial charge in [-0.15, -0.1) is 22.7 Å².